The topological polar surface area (TPSA) is 44.8 Å². The molecule has 19 heavy (non-hydrogen) atoms. The molecule has 4 nitrogen and oxygen atoms in total. The van der Waals surface area contributed by atoms with Crippen molar-refractivity contribution in [2.24, 2.45) is 0 Å². The Hall–Kier alpha value is -0.805. The van der Waals surface area contributed by atoms with Crippen molar-refractivity contribution in [1.29, 1.82) is 0 Å². The average Bonchev–Trinajstić information content (AvgIpc) is 2.77. The quantitative estimate of drug-likeness (QED) is 0.385. The Labute approximate surface area is 116 Å². The van der Waals surface area contributed by atoms with Crippen LogP contribution in [0.5, 0.6) is 0 Å². The highest BCUT2D eigenvalue weighted by Gasteiger charge is 2.36. The first-order valence-corrected chi connectivity index (χ1v) is 7.37. The maximum absolute atomic E-state index is 11.3. The van der Waals surface area contributed by atoms with Gasteiger partial charge in [0.05, 0.1) is 18.8 Å². The van der Waals surface area contributed by atoms with E-state index in [0.717, 1.165) is 32.0 Å². The van der Waals surface area contributed by atoms with E-state index in [1.807, 2.05) is 0 Å². The summed E-state index contributed by atoms with van der Waals surface area (Å²) in [7, 11) is -0.131. The monoisotopic (exact) mass is 268 g/mol. The first-order chi connectivity index (χ1) is 9.21. The molecular weight excluding hydrogens is 243 g/mol. The number of ether oxygens (including phenoxy) is 1. The smallest absolute Gasteiger partial charge is 0.457 e. The van der Waals surface area contributed by atoms with Crippen molar-refractivity contribution in [1.82, 2.24) is 0 Å². The van der Waals surface area contributed by atoms with E-state index in [-0.39, 0.29) is 25.3 Å². The van der Waals surface area contributed by atoms with E-state index in [4.69, 9.17) is 14.0 Å². The summed E-state index contributed by atoms with van der Waals surface area (Å²) in [4.78, 5) is 11.3. The summed E-state index contributed by atoms with van der Waals surface area (Å²) >= 11 is 0. The predicted molar refractivity (Wildman–Crippen MR) is 75.9 cm³/mol. The number of carbonyl (C=O) groups excluding carboxylic acids is 1. The Morgan fingerprint density at radius 2 is 2.05 bits per heavy atom. The van der Waals surface area contributed by atoms with Crippen LogP contribution in [-0.2, 0) is 18.8 Å². The summed E-state index contributed by atoms with van der Waals surface area (Å²) in [6.07, 6.45) is 8.26. The highest BCUT2D eigenvalue weighted by atomic mass is 16.7. The fourth-order valence-electron chi connectivity index (χ4n) is 2.12. The van der Waals surface area contributed by atoms with Crippen LogP contribution in [0, 0.1) is 0 Å². The van der Waals surface area contributed by atoms with Crippen molar-refractivity contribution in [3.63, 3.8) is 0 Å². The molecule has 2 atom stereocenters. The van der Waals surface area contributed by atoms with Crippen LogP contribution in [0.15, 0.2) is 12.2 Å². The second kappa shape index (κ2) is 9.15. The number of unbranched alkanes of at least 4 members (excludes halogenated alkanes) is 1. The molecule has 5 heteroatoms. The first kappa shape index (κ1) is 16.2. The van der Waals surface area contributed by atoms with Gasteiger partial charge < -0.3 is 14.0 Å². The molecule has 0 radical (unpaired) electrons. The van der Waals surface area contributed by atoms with Crippen LogP contribution in [0.3, 0.4) is 0 Å². The van der Waals surface area contributed by atoms with Crippen LogP contribution in [0.4, 0.5) is 0 Å². The minimum absolute atomic E-state index is 0.0533. The van der Waals surface area contributed by atoms with Crippen molar-refractivity contribution in [2.45, 2.75) is 65.0 Å². The molecule has 1 aliphatic rings. The summed E-state index contributed by atoms with van der Waals surface area (Å²) < 4.78 is 16.6. The van der Waals surface area contributed by atoms with Gasteiger partial charge >= 0.3 is 13.1 Å². The molecule has 1 fully saturated rings. The fraction of sp³-hybridized carbons (Fsp3) is 0.786. The Morgan fingerprint density at radius 1 is 1.26 bits per heavy atom. The molecule has 0 aromatic carbocycles. The van der Waals surface area contributed by atoms with Crippen molar-refractivity contribution in [2.75, 3.05) is 6.61 Å². The van der Waals surface area contributed by atoms with E-state index in [2.05, 4.69) is 13.8 Å². The van der Waals surface area contributed by atoms with Crippen LogP contribution in [-0.4, -0.2) is 31.9 Å². The number of hydrogen-bond acceptors (Lipinski definition) is 4. The molecule has 108 valence electrons. The highest BCUT2D eigenvalue weighted by molar-refractivity contribution is 6.45. The van der Waals surface area contributed by atoms with Crippen LogP contribution in [0.25, 0.3) is 0 Å². The Bertz CT molecular complexity index is 293. The van der Waals surface area contributed by atoms with Crippen molar-refractivity contribution in [3.8, 4) is 0 Å². The number of rotatable bonds is 8. The van der Waals surface area contributed by atoms with Gasteiger partial charge in [-0.05, 0) is 25.7 Å². The maximum atomic E-state index is 11.3. The lowest BCUT2D eigenvalue weighted by Gasteiger charge is -2.13. The molecule has 0 saturated carbocycles. The van der Waals surface area contributed by atoms with Crippen LogP contribution >= 0.6 is 0 Å². The lowest BCUT2D eigenvalue weighted by Crippen LogP contribution is -2.20. The van der Waals surface area contributed by atoms with Gasteiger partial charge in [-0.1, -0.05) is 33.1 Å². The minimum Gasteiger partial charge on any atom is -0.463 e. The number of hydrogen-bond donors (Lipinski definition) is 0. The normalized spacial score (nSPS) is 23.2. The lowest BCUT2D eigenvalue weighted by molar-refractivity contribution is -0.137. The molecule has 0 unspecified atom stereocenters. The van der Waals surface area contributed by atoms with Gasteiger partial charge in [-0.15, -0.1) is 0 Å². The molecule has 0 amide bonds. The molecule has 0 aromatic heterocycles. The molecule has 1 heterocycles. The van der Waals surface area contributed by atoms with Gasteiger partial charge in [0.15, 0.2) is 0 Å². The summed E-state index contributed by atoms with van der Waals surface area (Å²) in [5, 5.41) is 0. The van der Waals surface area contributed by atoms with Gasteiger partial charge in [0.2, 0.25) is 0 Å². The van der Waals surface area contributed by atoms with Crippen LogP contribution < -0.4 is 0 Å². The average molecular weight is 268 g/mol. The van der Waals surface area contributed by atoms with Crippen molar-refractivity contribution in [3.05, 3.63) is 12.2 Å². The van der Waals surface area contributed by atoms with Gasteiger partial charge in [-0.2, -0.15) is 0 Å². The molecule has 0 aliphatic carbocycles. The summed E-state index contributed by atoms with van der Waals surface area (Å²) in [5.74, 6) is -0.321. The maximum Gasteiger partial charge on any atom is 0.457 e. The molecule has 0 aromatic rings. The third-order valence-corrected chi connectivity index (χ3v) is 3.08. The third kappa shape index (κ3) is 5.79. The summed E-state index contributed by atoms with van der Waals surface area (Å²) in [6, 6.07) is 0. The first-order valence-electron chi connectivity index (χ1n) is 7.37. The molecule has 0 bridgehead atoms. The number of esters is 1. The number of carbonyl (C=O) groups is 1. The fourth-order valence-corrected chi connectivity index (χ4v) is 2.12. The lowest BCUT2D eigenvalue weighted by atomic mass is 9.83. The zero-order chi connectivity index (χ0) is 14.1. The van der Waals surface area contributed by atoms with E-state index in [1.54, 1.807) is 13.0 Å². The minimum atomic E-state index is -0.321. The van der Waals surface area contributed by atoms with E-state index in [0.29, 0.717) is 6.61 Å². The third-order valence-electron chi connectivity index (χ3n) is 3.08. The Balaban J connectivity index is 2.50. The van der Waals surface area contributed by atoms with Crippen LogP contribution in [0.1, 0.15) is 46.5 Å². The van der Waals surface area contributed by atoms with Gasteiger partial charge in [0, 0.05) is 6.08 Å². The van der Waals surface area contributed by atoms with Gasteiger partial charge in [0.1, 0.15) is 0 Å². The van der Waals surface area contributed by atoms with E-state index < -0.39 is 0 Å². The standard InChI is InChI=1S/C14H25BO4/c1-4-7-11-15-18-12(8-5-2)13(19-15)9-10-14(16)17-6-3/h9-10,12-13H,4-8,11H2,1-3H3/b10-9+/t12-,13-/m0/s1. The molecule has 0 spiro atoms. The Morgan fingerprint density at radius 3 is 2.68 bits per heavy atom. The predicted octanol–water partition coefficient (Wildman–Crippen LogP) is 2.98. The summed E-state index contributed by atoms with van der Waals surface area (Å²) in [6.45, 7) is 6.45. The molecular formula is C14H25BO4. The SMILES string of the molecule is CCCCB1O[C@@H](/C=C/C(=O)OCC)[C@H](CCC)O1. The second-order valence-corrected chi connectivity index (χ2v) is 4.75. The second-order valence-electron chi connectivity index (χ2n) is 4.75. The zero-order valence-corrected chi connectivity index (χ0v) is 12.3. The Kier molecular flexibility index (Phi) is 7.83. The van der Waals surface area contributed by atoms with E-state index in [1.165, 1.54) is 6.08 Å². The largest absolute Gasteiger partial charge is 0.463 e. The zero-order valence-electron chi connectivity index (χ0n) is 12.3. The molecule has 1 aliphatic heterocycles. The van der Waals surface area contributed by atoms with Gasteiger partial charge in [-0.25, -0.2) is 4.79 Å². The van der Waals surface area contributed by atoms with E-state index >= 15 is 0 Å². The van der Waals surface area contributed by atoms with Gasteiger partial charge in [0.25, 0.3) is 0 Å². The van der Waals surface area contributed by atoms with Crippen molar-refractivity contribution >= 4 is 13.1 Å². The molecule has 1 saturated heterocycles. The van der Waals surface area contributed by atoms with E-state index in [9.17, 15) is 4.79 Å². The summed E-state index contributed by atoms with van der Waals surface area (Å²) in [5.41, 5.74) is 0. The highest BCUT2D eigenvalue weighted by Crippen LogP contribution is 2.24. The molecule has 1 rings (SSSR count). The van der Waals surface area contributed by atoms with Crippen LogP contribution in [0.2, 0.25) is 6.32 Å². The van der Waals surface area contributed by atoms with Gasteiger partial charge in [-0.3, -0.25) is 0 Å². The molecule has 0 N–H and O–H groups in total. The van der Waals surface area contributed by atoms with Crippen molar-refractivity contribution < 1.29 is 18.8 Å².